The fraction of sp³-hybridized carbons (Fsp3) is 0.889. The average Bonchev–Trinajstić information content (AvgIpc) is 1.86. The van der Waals surface area contributed by atoms with Gasteiger partial charge in [-0.25, -0.2) is 0 Å². The van der Waals surface area contributed by atoms with E-state index in [0.29, 0.717) is 11.3 Å². The van der Waals surface area contributed by atoms with E-state index in [0.717, 1.165) is 18.9 Å². The highest BCUT2D eigenvalue weighted by Crippen LogP contribution is 2.49. The fourth-order valence-electron chi connectivity index (χ4n) is 2.39. The summed E-state index contributed by atoms with van der Waals surface area (Å²) in [5.41, 5.74) is 0.440. The van der Waals surface area contributed by atoms with Crippen LogP contribution in [0.4, 0.5) is 0 Å². The predicted octanol–water partition coefficient (Wildman–Crippen LogP) is 1.41. The lowest BCUT2D eigenvalue weighted by Gasteiger charge is -2.50. The molecule has 0 aromatic carbocycles. The number of carbonyl (C=O) groups excluding carboxylic acids is 1. The van der Waals surface area contributed by atoms with Crippen LogP contribution in [0.1, 0.15) is 27.2 Å². The first-order chi connectivity index (χ1) is 5.08. The molecule has 1 aliphatic carbocycles. The summed E-state index contributed by atoms with van der Waals surface area (Å²) in [6.07, 6.45) is 2.08. The van der Waals surface area contributed by atoms with Gasteiger partial charge in [-0.2, -0.15) is 0 Å². The van der Waals surface area contributed by atoms with Crippen LogP contribution in [0.15, 0.2) is 0 Å². The number of amides is 1. The third kappa shape index (κ3) is 1.55. The van der Waals surface area contributed by atoms with E-state index in [1.165, 1.54) is 6.42 Å². The standard InChI is InChI=1S/C9H17NO/c1-7-4-9(2,3)8(7)5-10-6-11/h6-8H,4-5H2,1-3H3,(H,10,11). The Bertz CT molecular complexity index is 154. The minimum atomic E-state index is 0.440. The Hall–Kier alpha value is -0.530. The van der Waals surface area contributed by atoms with E-state index in [-0.39, 0.29) is 0 Å². The van der Waals surface area contributed by atoms with E-state index >= 15 is 0 Å². The SMILES string of the molecule is CC1CC(C)(C)C1CNC=O. The van der Waals surface area contributed by atoms with Gasteiger partial charge in [-0.3, -0.25) is 4.79 Å². The Morgan fingerprint density at radius 3 is 2.64 bits per heavy atom. The highest BCUT2D eigenvalue weighted by atomic mass is 16.1. The quantitative estimate of drug-likeness (QED) is 0.613. The van der Waals surface area contributed by atoms with Gasteiger partial charge in [0.05, 0.1) is 0 Å². The highest BCUT2D eigenvalue weighted by molar-refractivity contribution is 5.45. The molecule has 0 spiro atoms. The van der Waals surface area contributed by atoms with Crippen molar-refractivity contribution in [2.75, 3.05) is 6.54 Å². The van der Waals surface area contributed by atoms with Crippen molar-refractivity contribution in [1.29, 1.82) is 0 Å². The van der Waals surface area contributed by atoms with Crippen molar-refractivity contribution in [2.45, 2.75) is 27.2 Å². The van der Waals surface area contributed by atoms with Gasteiger partial charge in [0.2, 0.25) is 6.41 Å². The Labute approximate surface area is 68.4 Å². The molecule has 0 radical (unpaired) electrons. The van der Waals surface area contributed by atoms with E-state index < -0.39 is 0 Å². The summed E-state index contributed by atoms with van der Waals surface area (Å²) >= 11 is 0. The summed E-state index contributed by atoms with van der Waals surface area (Å²) in [6, 6.07) is 0. The molecule has 0 aliphatic heterocycles. The van der Waals surface area contributed by atoms with Gasteiger partial charge in [-0.05, 0) is 23.7 Å². The van der Waals surface area contributed by atoms with Crippen molar-refractivity contribution in [3.63, 3.8) is 0 Å². The molecule has 1 fully saturated rings. The van der Waals surface area contributed by atoms with Gasteiger partial charge in [0.15, 0.2) is 0 Å². The maximum absolute atomic E-state index is 10.1. The van der Waals surface area contributed by atoms with Crippen molar-refractivity contribution in [2.24, 2.45) is 17.3 Å². The Morgan fingerprint density at radius 1 is 1.64 bits per heavy atom. The van der Waals surface area contributed by atoms with Crippen molar-refractivity contribution >= 4 is 6.41 Å². The summed E-state index contributed by atoms with van der Waals surface area (Å²) in [6.45, 7) is 7.63. The molecule has 1 N–H and O–H groups in total. The van der Waals surface area contributed by atoms with Crippen molar-refractivity contribution in [3.8, 4) is 0 Å². The molecule has 2 heteroatoms. The van der Waals surface area contributed by atoms with Crippen LogP contribution in [0.2, 0.25) is 0 Å². The first-order valence-corrected chi connectivity index (χ1v) is 4.25. The minimum absolute atomic E-state index is 0.440. The van der Waals surface area contributed by atoms with Crippen LogP contribution >= 0.6 is 0 Å². The Morgan fingerprint density at radius 2 is 2.27 bits per heavy atom. The number of carbonyl (C=O) groups is 1. The Kier molecular flexibility index (Phi) is 2.21. The average molecular weight is 155 g/mol. The third-order valence-electron chi connectivity index (χ3n) is 2.96. The molecule has 0 heterocycles. The van der Waals surface area contributed by atoms with Crippen LogP contribution in [-0.2, 0) is 4.79 Å². The van der Waals surface area contributed by atoms with Gasteiger partial charge in [-0.15, -0.1) is 0 Å². The number of hydrogen-bond donors (Lipinski definition) is 1. The second-order valence-electron chi connectivity index (χ2n) is 4.30. The molecule has 2 nitrogen and oxygen atoms in total. The smallest absolute Gasteiger partial charge is 0.207 e. The largest absolute Gasteiger partial charge is 0.358 e. The molecule has 0 aromatic heterocycles. The van der Waals surface area contributed by atoms with Crippen LogP contribution in [0, 0.1) is 17.3 Å². The van der Waals surface area contributed by atoms with E-state index in [9.17, 15) is 4.79 Å². The summed E-state index contributed by atoms with van der Waals surface area (Å²) < 4.78 is 0. The minimum Gasteiger partial charge on any atom is -0.358 e. The zero-order chi connectivity index (χ0) is 8.48. The first kappa shape index (κ1) is 8.57. The lowest BCUT2D eigenvalue weighted by Crippen LogP contribution is -2.47. The maximum atomic E-state index is 10.1. The summed E-state index contributed by atoms with van der Waals surface area (Å²) in [5, 5.41) is 2.76. The van der Waals surface area contributed by atoms with E-state index in [1.54, 1.807) is 0 Å². The summed E-state index contributed by atoms with van der Waals surface area (Å²) in [5.74, 6) is 1.45. The number of hydrogen-bond acceptors (Lipinski definition) is 1. The van der Waals surface area contributed by atoms with Crippen LogP contribution in [0.5, 0.6) is 0 Å². The van der Waals surface area contributed by atoms with Crippen molar-refractivity contribution < 1.29 is 4.79 Å². The Balaban J connectivity index is 2.36. The van der Waals surface area contributed by atoms with Gasteiger partial charge in [0.25, 0.3) is 0 Å². The van der Waals surface area contributed by atoms with E-state index in [1.807, 2.05) is 0 Å². The predicted molar refractivity (Wildman–Crippen MR) is 45.1 cm³/mol. The molecule has 1 rings (SSSR count). The summed E-state index contributed by atoms with van der Waals surface area (Å²) in [7, 11) is 0. The zero-order valence-corrected chi connectivity index (χ0v) is 7.55. The molecular weight excluding hydrogens is 138 g/mol. The lowest BCUT2D eigenvalue weighted by atomic mass is 9.56. The second kappa shape index (κ2) is 2.84. The molecule has 64 valence electrons. The number of rotatable bonds is 3. The molecule has 1 amide bonds. The molecule has 2 atom stereocenters. The second-order valence-corrected chi connectivity index (χ2v) is 4.30. The topological polar surface area (TPSA) is 29.1 Å². The fourth-order valence-corrected chi connectivity index (χ4v) is 2.39. The lowest BCUT2D eigenvalue weighted by molar-refractivity contribution is -0.110. The molecule has 0 aromatic rings. The molecular formula is C9H17NO. The molecule has 0 bridgehead atoms. The molecule has 11 heavy (non-hydrogen) atoms. The molecule has 0 saturated heterocycles. The molecule has 1 aliphatic rings. The summed E-state index contributed by atoms with van der Waals surface area (Å²) in [4.78, 5) is 10.1. The van der Waals surface area contributed by atoms with Crippen LogP contribution in [0.25, 0.3) is 0 Å². The molecule has 1 saturated carbocycles. The third-order valence-corrected chi connectivity index (χ3v) is 2.96. The van der Waals surface area contributed by atoms with Gasteiger partial charge >= 0.3 is 0 Å². The monoisotopic (exact) mass is 155 g/mol. The van der Waals surface area contributed by atoms with Crippen LogP contribution < -0.4 is 5.32 Å². The van der Waals surface area contributed by atoms with Crippen molar-refractivity contribution in [1.82, 2.24) is 5.32 Å². The van der Waals surface area contributed by atoms with Crippen LogP contribution in [0.3, 0.4) is 0 Å². The zero-order valence-electron chi connectivity index (χ0n) is 7.55. The molecule has 2 unspecified atom stereocenters. The normalized spacial score (nSPS) is 34.1. The number of nitrogens with one attached hydrogen (secondary N) is 1. The van der Waals surface area contributed by atoms with Gasteiger partial charge in [0.1, 0.15) is 0 Å². The highest BCUT2D eigenvalue weighted by Gasteiger charge is 2.43. The van der Waals surface area contributed by atoms with E-state index in [4.69, 9.17) is 0 Å². The first-order valence-electron chi connectivity index (χ1n) is 4.25. The van der Waals surface area contributed by atoms with Gasteiger partial charge in [0, 0.05) is 6.54 Å². The van der Waals surface area contributed by atoms with Gasteiger partial charge in [-0.1, -0.05) is 20.8 Å². The van der Waals surface area contributed by atoms with E-state index in [2.05, 4.69) is 26.1 Å². The maximum Gasteiger partial charge on any atom is 0.207 e. The van der Waals surface area contributed by atoms with Gasteiger partial charge < -0.3 is 5.32 Å². The van der Waals surface area contributed by atoms with Crippen molar-refractivity contribution in [3.05, 3.63) is 0 Å². The van der Waals surface area contributed by atoms with Crippen LogP contribution in [-0.4, -0.2) is 13.0 Å².